The Kier molecular flexibility index (Phi) is 5.29. The van der Waals surface area contributed by atoms with Crippen molar-refractivity contribution in [2.45, 2.75) is 19.4 Å². The maximum atomic E-state index is 12.9. The van der Waals surface area contributed by atoms with Crippen molar-refractivity contribution in [3.05, 3.63) is 52.3 Å². The highest BCUT2D eigenvalue weighted by Gasteiger charge is 2.21. The fourth-order valence-electron chi connectivity index (χ4n) is 3.87. The molecule has 3 aromatic rings. The summed E-state index contributed by atoms with van der Waals surface area (Å²) < 4.78 is 18.1. The molecular weight excluding hydrogens is 370 g/mol. The van der Waals surface area contributed by atoms with Gasteiger partial charge in [0.1, 0.15) is 0 Å². The second-order valence-corrected chi connectivity index (χ2v) is 7.01. The van der Waals surface area contributed by atoms with Crippen LogP contribution in [-0.2, 0) is 13.0 Å². The van der Waals surface area contributed by atoms with Crippen molar-refractivity contribution in [3.8, 4) is 17.2 Å². The Morgan fingerprint density at radius 2 is 1.72 bits per heavy atom. The molecule has 1 aromatic heterocycles. The van der Waals surface area contributed by atoms with E-state index in [1.54, 1.807) is 25.9 Å². The molecule has 2 heterocycles. The molecule has 7 nitrogen and oxygen atoms in total. The Morgan fingerprint density at radius 3 is 2.41 bits per heavy atom. The van der Waals surface area contributed by atoms with E-state index in [1.165, 1.54) is 0 Å². The summed E-state index contributed by atoms with van der Waals surface area (Å²) in [6, 6.07) is 11.5. The minimum atomic E-state index is 0.0306. The normalized spacial score (nSPS) is 13.3. The first-order chi connectivity index (χ1) is 14.2. The van der Waals surface area contributed by atoms with E-state index in [0.29, 0.717) is 29.2 Å². The van der Waals surface area contributed by atoms with Gasteiger partial charge in [0.15, 0.2) is 11.5 Å². The molecule has 0 amide bonds. The highest BCUT2D eigenvalue weighted by Crippen LogP contribution is 2.38. The minimum absolute atomic E-state index is 0.0306. The fraction of sp³-hybridized carbons (Fsp3) is 0.364. The molecule has 0 N–H and O–H groups in total. The van der Waals surface area contributed by atoms with Crippen LogP contribution in [0.2, 0.25) is 0 Å². The van der Waals surface area contributed by atoms with E-state index in [4.69, 9.17) is 19.2 Å². The molecule has 29 heavy (non-hydrogen) atoms. The predicted molar refractivity (Wildman–Crippen MR) is 113 cm³/mol. The van der Waals surface area contributed by atoms with Crippen molar-refractivity contribution < 1.29 is 14.2 Å². The Morgan fingerprint density at radius 1 is 1.00 bits per heavy atom. The van der Waals surface area contributed by atoms with Crippen LogP contribution >= 0.6 is 0 Å². The first-order valence-electron chi connectivity index (χ1n) is 9.69. The SMILES string of the molecule is COc1cc(CCN2CCCn3c2nc2ccccc2c3=O)cc(OC)c1OC. The van der Waals surface area contributed by atoms with Gasteiger partial charge in [0.05, 0.1) is 32.2 Å². The van der Waals surface area contributed by atoms with Gasteiger partial charge in [-0.2, -0.15) is 0 Å². The molecule has 2 aromatic carbocycles. The molecule has 0 unspecified atom stereocenters. The van der Waals surface area contributed by atoms with Crippen LogP contribution in [-0.4, -0.2) is 44.0 Å². The Labute approximate surface area is 169 Å². The minimum Gasteiger partial charge on any atom is -0.493 e. The van der Waals surface area contributed by atoms with Gasteiger partial charge < -0.3 is 19.1 Å². The number of methoxy groups -OCH3 is 3. The molecule has 0 atom stereocenters. The smallest absolute Gasteiger partial charge is 0.262 e. The van der Waals surface area contributed by atoms with Crippen LogP contribution in [0, 0.1) is 0 Å². The zero-order valence-electron chi connectivity index (χ0n) is 17.0. The fourth-order valence-corrected chi connectivity index (χ4v) is 3.87. The topological polar surface area (TPSA) is 65.8 Å². The number of benzene rings is 2. The maximum absolute atomic E-state index is 12.9. The van der Waals surface area contributed by atoms with E-state index in [0.717, 1.165) is 43.0 Å². The van der Waals surface area contributed by atoms with Crippen molar-refractivity contribution in [2.75, 3.05) is 39.3 Å². The largest absolute Gasteiger partial charge is 0.493 e. The van der Waals surface area contributed by atoms with Gasteiger partial charge in [-0.05, 0) is 42.7 Å². The third-order valence-electron chi connectivity index (χ3n) is 5.33. The first kappa shape index (κ1) is 19.1. The second kappa shape index (κ2) is 8.03. The van der Waals surface area contributed by atoms with Crippen LogP contribution in [0.5, 0.6) is 17.2 Å². The number of hydrogen-bond acceptors (Lipinski definition) is 6. The molecule has 4 rings (SSSR count). The number of ether oxygens (including phenoxy) is 3. The van der Waals surface area contributed by atoms with E-state index < -0.39 is 0 Å². The monoisotopic (exact) mass is 395 g/mol. The number of nitrogens with zero attached hydrogens (tertiary/aromatic N) is 3. The molecule has 0 fully saturated rings. The highest BCUT2D eigenvalue weighted by atomic mass is 16.5. The van der Waals surface area contributed by atoms with Crippen molar-refractivity contribution in [1.29, 1.82) is 0 Å². The summed E-state index contributed by atoms with van der Waals surface area (Å²) in [6.45, 7) is 2.31. The summed E-state index contributed by atoms with van der Waals surface area (Å²) >= 11 is 0. The van der Waals surface area contributed by atoms with E-state index in [2.05, 4.69) is 4.90 Å². The van der Waals surface area contributed by atoms with Gasteiger partial charge in [-0.1, -0.05) is 12.1 Å². The number of para-hydroxylation sites is 1. The average molecular weight is 395 g/mol. The zero-order valence-corrected chi connectivity index (χ0v) is 17.0. The molecule has 7 heteroatoms. The summed E-state index contributed by atoms with van der Waals surface area (Å²) in [5.41, 5.74) is 1.84. The van der Waals surface area contributed by atoms with E-state index in [1.807, 2.05) is 36.4 Å². The molecule has 1 aliphatic rings. The molecule has 0 spiro atoms. The van der Waals surface area contributed by atoms with Crippen LogP contribution in [0.25, 0.3) is 10.9 Å². The lowest BCUT2D eigenvalue weighted by Gasteiger charge is -2.31. The van der Waals surface area contributed by atoms with Gasteiger partial charge in [-0.25, -0.2) is 4.98 Å². The van der Waals surface area contributed by atoms with Crippen LogP contribution in [0.15, 0.2) is 41.2 Å². The quantitative estimate of drug-likeness (QED) is 0.639. The molecule has 0 saturated carbocycles. The lowest BCUT2D eigenvalue weighted by Crippen LogP contribution is -2.39. The van der Waals surface area contributed by atoms with E-state index in [-0.39, 0.29) is 5.56 Å². The lowest BCUT2D eigenvalue weighted by molar-refractivity contribution is 0.324. The van der Waals surface area contributed by atoms with E-state index >= 15 is 0 Å². The first-order valence-corrected chi connectivity index (χ1v) is 9.69. The molecule has 0 radical (unpaired) electrons. The molecule has 0 aliphatic carbocycles. The number of fused-ring (bicyclic) bond motifs is 2. The zero-order chi connectivity index (χ0) is 20.4. The highest BCUT2D eigenvalue weighted by molar-refractivity contribution is 5.78. The van der Waals surface area contributed by atoms with Gasteiger partial charge in [-0.15, -0.1) is 0 Å². The number of aromatic nitrogens is 2. The number of anilines is 1. The molecule has 0 bridgehead atoms. The summed E-state index contributed by atoms with van der Waals surface area (Å²) in [5, 5.41) is 0.669. The van der Waals surface area contributed by atoms with Crippen LogP contribution < -0.4 is 24.7 Å². The predicted octanol–water partition coefficient (Wildman–Crippen LogP) is 2.88. The Balaban J connectivity index is 1.63. The third kappa shape index (κ3) is 3.48. The van der Waals surface area contributed by atoms with Gasteiger partial charge in [0.2, 0.25) is 11.7 Å². The molecule has 0 saturated heterocycles. The summed E-state index contributed by atoms with van der Waals surface area (Å²) in [4.78, 5) is 19.8. The van der Waals surface area contributed by atoms with Crippen LogP contribution in [0.4, 0.5) is 5.95 Å². The van der Waals surface area contributed by atoms with Gasteiger partial charge in [-0.3, -0.25) is 9.36 Å². The Bertz CT molecular complexity index is 1070. The number of hydrogen-bond donors (Lipinski definition) is 0. The van der Waals surface area contributed by atoms with Crippen molar-refractivity contribution in [2.24, 2.45) is 0 Å². The summed E-state index contributed by atoms with van der Waals surface area (Å²) in [5.74, 6) is 2.61. The molecule has 1 aliphatic heterocycles. The summed E-state index contributed by atoms with van der Waals surface area (Å²) in [7, 11) is 4.82. The van der Waals surface area contributed by atoms with E-state index in [9.17, 15) is 4.79 Å². The second-order valence-electron chi connectivity index (χ2n) is 7.01. The van der Waals surface area contributed by atoms with Crippen molar-refractivity contribution in [1.82, 2.24) is 9.55 Å². The van der Waals surface area contributed by atoms with Gasteiger partial charge >= 0.3 is 0 Å². The van der Waals surface area contributed by atoms with Crippen LogP contribution in [0.1, 0.15) is 12.0 Å². The van der Waals surface area contributed by atoms with Crippen molar-refractivity contribution >= 4 is 16.9 Å². The molecular formula is C22H25N3O4. The van der Waals surface area contributed by atoms with Crippen molar-refractivity contribution in [3.63, 3.8) is 0 Å². The van der Waals surface area contributed by atoms with Crippen LogP contribution in [0.3, 0.4) is 0 Å². The number of rotatable bonds is 6. The Hall–Kier alpha value is -3.22. The van der Waals surface area contributed by atoms with Gasteiger partial charge in [0.25, 0.3) is 5.56 Å². The molecule has 152 valence electrons. The van der Waals surface area contributed by atoms with Gasteiger partial charge in [0, 0.05) is 19.6 Å². The average Bonchev–Trinajstić information content (AvgIpc) is 2.77. The summed E-state index contributed by atoms with van der Waals surface area (Å²) in [6.07, 6.45) is 1.68. The third-order valence-corrected chi connectivity index (χ3v) is 5.33. The lowest BCUT2D eigenvalue weighted by atomic mass is 10.1. The standard InChI is InChI=1S/C22H25N3O4/c1-27-18-13-15(14-19(28-2)20(18)29-3)9-12-24-10-6-11-25-21(26)16-7-4-5-8-17(16)23-22(24)25/h4-5,7-8,13-14H,6,9-12H2,1-3H3. The maximum Gasteiger partial charge on any atom is 0.262 e.